The molecule has 0 aliphatic heterocycles. The van der Waals surface area contributed by atoms with Crippen LogP contribution in [0.2, 0.25) is 0 Å². The van der Waals surface area contributed by atoms with Crippen molar-refractivity contribution in [2.75, 3.05) is 20.1 Å². The van der Waals surface area contributed by atoms with Crippen LogP contribution in [0.1, 0.15) is 19.4 Å². The Morgan fingerprint density at radius 2 is 1.81 bits per heavy atom. The lowest BCUT2D eigenvalue weighted by Gasteiger charge is -2.10. The van der Waals surface area contributed by atoms with Gasteiger partial charge in [0.15, 0.2) is 0 Å². The predicted octanol–water partition coefficient (Wildman–Crippen LogP) is 1.78. The number of ether oxygens (including phenoxy) is 1. The molecule has 0 saturated carbocycles. The maximum absolute atomic E-state index is 5.58. The van der Waals surface area contributed by atoms with Crippen LogP contribution in [0, 0.1) is 0 Å². The molecule has 3 heteroatoms. The summed E-state index contributed by atoms with van der Waals surface area (Å²) in [5.74, 6) is 0.939. The van der Waals surface area contributed by atoms with E-state index in [-0.39, 0.29) is 6.10 Å². The van der Waals surface area contributed by atoms with Crippen LogP contribution in [0.5, 0.6) is 5.75 Å². The van der Waals surface area contributed by atoms with Crippen LogP contribution in [-0.2, 0) is 6.54 Å². The molecule has 0 amide bonds. The molecule has 1 aromatic carbocycles. The summed E-state index contributed by atoms with van der Waals surface area (Å²) in [5.41, 5.74) is 1.28. The Hall–Kier alpha value is -1.06. The molecule has 0 aliphatic carbocycles. The molecule has 1 aromatic rings. The summed E-state index contributed by atoms with van der Waals surface area (Å²) in [7, 11) is 1.96. The van der Waals surface area contributed by atoms with Crippen LogP contribution in [0.3, 0.4) is 0 Å². The van der Waals surface area contributed by atoms with E-state index in [1.807, 2.05) is 33.0 Å². The quantitative estimate of drug-likeness (QED) is 0.690. The molecule has 3 nitrogen and oxygen atoms in total. The van der Waals surface area contributed by atoms with Gasteiger partial charge in [0.1, 0.15) is 5.75 Å². The lowest BCUT2D eigenvalue weighted by atomic mass is 10.2. The third-order valence-electron chi connectivity index (χ3n) is 2.18. The fourth-order valence-electron chi connectivity index (χ4n) is 1.40. The van der Waals surface area contributed by atoms with Crippen molar-refractivity contribution >= 4 is 0 Å². The van der Waals surface area contributed by atoms with E-state index >= 15 is 0 Å². The van der Waals surface area contributed by atoms with Gasteiger partial charge >= 0.3 is 0 Å². The lowest BCUT2D eigenvalue weighted by Crippen LogP contribution is -2.24. The number of nitrogens with one attached hydrogen (secondary N) is 2. The van der Waals surface area contributed by atoms with E-state index in [1.54, 1.807) is 0 Å². The molecule has 0 aromatic heterocycles. The highest BCUT2D eigenvalue weighted by atomic mass is 16.5. The van der Waals surface area contributed by atoms with E-state index in [2.05, 4.69) is 22.8 Å². The van der Waals surface area contributed by atoms with Gasteiger partial charge in [0.05, 0.1) is 6.10 Å². The Bertz CT molecular complexity index is 282. The van der Waals surface area contributed by atoms with Crippen LogP contribution in [0.4, 0.5) is 0 Å². The fraction of sp³-hybridized carbons (Fsp3) is 0.538. The van der Waals surface area contributed by atoms with Crippen molar-refractivity contribution in [3.63, 3.8) is 0 Å². The lowest BCUT2D eigenvalue weighted by molar-refractivity contribution is 0.242. The van der Waals surface area contributed by atoms with E-state index in [0.717, 1.165) is 25.4 Å². The number of hydrogen-bond acceptors (Lipinski definition) is 3. The van der Waals surface area contributed by atoms with Gasteiger partial charge in [-0.25, -0.2) is 0 Å². The number of rotatable bonds is 7. The molecule has 0 fully saturated rings. The standard InChI is InChI=1S/C13H22N2O/c1-11(2)16-13-6-4-12(5-7-13)10-15-9-8-14-3/h4-7,11,14-15H,8-10H2,1-3H3. The molecule has 90 valence electrons. The normalized spacial score (nSPS) is 10.8. The number of hydrogen-bond donors (Lipinski definition) is 2. The molecule has 16 heavy (non-hydrogen) atoms. The molecule has 0 bridgehead atoms. The van der Waals surface area contributed by atoms with Gasteiger partial charge in [0.25, 0.3) is 0 Å². The summed E-state index contributed by atoms with van der Waals surface area (Å²) in [6.07, 6.45) is 0.236. The molecule has 0 heterocycles. The van der Waals surface area contributed by atoms with Crippen molar-refractivity contribution in [2.24, 2.45) is 0 Å². The summed E-state index contributed by atoms with van der Waals surface area (Å²) < 4.78 is 5.58. The Morgan fingerprint density at radius 1 is 1.12 bits per heavy atom. The minimum absolute atomic E-state index is 0.236. The van der Waals surface area contributed by atoms with E-state index in [4.69, 9.17) is 4.74 Å². The van der Waals surface area contributed by atoms with Crippen molar-refractivity contribution in [3.05, 3.63) is 29.8 Å². The average molecular weight is 222 g/mol. The monoisotopic (exact) mass is 222 g/mol. The number of benzene rings is 1. The van der Waals surface area contributed by atoms with Gasteiger partial charge in [-0.1, -0.05) is 12.1 Å². The highest BCUT2D eigenvalue weighted by Crippen LogP contribution is 2.13. The second-order valence-electron chi connectivity index (χ2n) is 4.09. The van der Waals surface area contributed by atoms with E-state index < -0.39 is 0 Å². The van der Waals surface area contributed by atoms with Gasteiger partial charge in [-0.05, 0) is 38.6 Å². The van der Waals surface area contributed by atoms with E-state index in [0.29, 0.717) is 0 Å². The zero-order valence-electron chi connectivity index (χ0n) is 10.4. The van der Waals surface area contributed by atoms with E-state index in [1.165, 1.54) is 5.56 Å². The Balaban J connectivity index is 2.33. The smallest absolute Gasteiger partial charge is 0.119 e. The first kappa shape index (κ1) is 13.0. The van der Waals surface area contributed by atoms with Crippen molar-refractivity contribution in [1.82, 2.24) is 10.6 Å². The third-order valence-corrected chi connectivity index (χ3v) is 2.18. The maximum Gasteiger partial charge on any atom is 0.119 e. The molecule has 0 saturated heterocycles. The molecule has 0 aliphatic rings. The van der Waals surface area contributed by atoms with E-state index in [9.17, 15) is 0 Å². The van der Waals surface area contributed by atoms with Crippen molar-refractivity contribution in [2.45, 2.75) is 26.5 Å². The minimum Gasteiger partial charge on any atom is -0.491 e. The summed E-state index contributed by atoms with van der Waals surface area (Å²) in [6, 6.07) is 8.25. The van der Waals surface area contributed by atoms with Crippen LogP contribution < -0.4 is 15.4 Å². The Labute approximate surface area is 98.2 Å². The molecule has 0 spiro atoms. The second-order valence-corrected chi connectivity index (χ2v) is 4.09. The van der Waals surface area contributed by atoms with Crippen LogP contribution in [0.25, 0.3) is 0 Å². The van der Waals surface area contributed by atoms with Crippen LogP contribution in [-0.4, -0.2) is 26.2 Å². The summed E-state index contributed by atoms with van der Waals surface area (Å²) in [6.45, 7) is 6.96. The highest BCUT2D eigenvalue weighted by molar-refractivity contribution is 5.27. The van der Waals surface area contributed by atoms with Crippen LogP contribution >= 0.6 is 0 Å². The largest absolute Gasteiger partial charge is 0.491 e. The number of likely N-dealkylation sites (N-methyl/N-ethyl adjacent to an activating group) is 1. The molecule has 0 radical (unpaired) electrons. The molecule has 2 N–H and O–H groups in total. The van der Waals surface area contributed by atoms with Crippen molar-refractivity contribution in [1.29, 1.82) is 0 Å². The molecular formula is C13H22N2O. The SMILES string of the molecule is CNCCNCc1ccc(OC(C)C)cc1. The summed E-state index contributed by atoms with van der Waals surface area (Å²) in [5, 5.41) is 6.46. The topological polar surface area (TPSA) is 33.3 Å². The van der Waals surface area contributed by atoms with Crippen LogP contribution in [0.15, 0.2) is 24.3 Å². The predicted molar refractivity (Wildman–Crippen MR) is 67.8 cm³/mol. The highest BCUT2D eigenvalue weighted by Gasteiger charge is 1.97. The zero-order chi connectivity index (χ0) is 11.8. The van der Waals surface area contributed by atoms with Crippen molar-refractivity contribution < 1.29 is 4.74 Å². The zero-order valence-corrected chi connectivity index (χ0v) is 10.4. The first-order chi connectivity index (χ1) is 7.72. The Kier molecular flexibility index (Phi) is 5.90. The van der Waals surface area contributed by atoms with Crippen molar-refractivity contribution in [3.8, 4) is 5.75 Å². The third kappa shape index (κ3) is 5.14. The average Bonchev–Trinajstić information content (AvgIpc) is 2.26. The maximum atomic E-state index is 5.58. The minimum atomic E-state index is 0.236. The molecule has 1 rings (SSSR count). The second kappa shape index (κ2) is 7.25. The Morgan fingerprint density at radius 3 is 2.38 bits per heavy atom. The van der Waals surface area contributed by atoms with Gasteiger partial charge < -0.3 is 15.4 Å². The van der Waals surface area contributed by atoms with Gasteiger partial charge in [-0.2, -0.15) is 0 Å². The first-order valence-corrected chi connectivity index (χ1v) is 5.83. The van der Waals surface area contributed by atoms with Gasteiger partial charge in [-0.15, -0.1) is 0 Å². The molecular weight excluding hydrogens is 200 g/mol. The van der Waals surface area contributed by atoms with Gasteiger partial charge in [-0.3, -0.25) is 0 Å². The fourth-order valence-corrected chi connectivity index (χ4v) is 1.40. The van der Waals surface area contributed by atoms with Gasteiger partial charge in [0.2, 0.25) is 0 Å². The molecule has 0 atom stereocenters. The summed E-state index contributed by atoms with van der Waals surface area (Å²) >= 11 is 0. The summed E-state index contributed by atoms with van der Waals surface area (Å²) in [4.78, 5) is 0. The first-order valence-electron chi connectivity index (χ1n) is 5.83. The van der Waals surface area contributed by atoms with Gasteiger partial charge in [0, 0.05) is 19.6 Å². The molecule has 0 unspecified atom stereocenters.